The van der Waals surface area contributed by atoms with Crippen LogP contribution in [0.15, 0.2) is 36.4 Å². The van der Waals surface area contributed by atoms with Crippen LogP contribution in [0.1, 0.15) is 47.1 Å². The monoisotopic (exact) mass is 456 g/mol. The molecule has 8 heteroatoms. The summed E-state index contributed by atoms with van der Waals surface area (Å²) in [5.74, 6) is 2.82. The van der Waals surface area contributed by atoms with Crippen molar-refractivity contribution in [1.82, 2.24) is 0 Å². The van der Waals surface area contributed by atoms with Gasteiger partial charge in [-0.05, 0) is 34.1 Å². The van der Waals surface area contributed by atoms with Crippen molar-refractivity contribution in [2.45, 2.75) is 63.7 Å². The van der Waals surface area contributed by atoms with Crippen LogP contribution in [-0.2, 0) is 10.1 Å². The van der Waals surface area contributed by atoms with Gasteiger partial charge in [0.2, 0.25) is 0 Å². The van der Waals surface area contributed by atoms with Gasteiger partial charge in [0.05, 0.1) is 0 Å². The molecule has 2 aromatic carbocycles. The molecule has 0 aliphatic rings. The predicted molar refractivity (Wildman–Crippen MR) is 117 cm³/mol. The Bertz CT molecular complexity index is 1050. The second-order valence-corrected chi connectivity index (χ2v) is 15.4. The van der Waals surface area contributed by atoms with Crippen LogP contribution in [0.25, 0.3) is 10.8 Å². The highest BCUT2D eigenvalue weighted by Gasteiger charge is 2.48. The summed E-state index contributed by atoms with van der Waals surface area (Å²) in [4.78, 5) is 0. The number of alkyl halides is 3. The van der Waals surface area contributed by atoms with Crippen LogP contribution >= 0.6 is 0 Å². The molecule has 0 saturated heterocycles. The van der Waals surface area contributed by atoms with E-state index in [4.69, 9.17) is 0 Å². The molecular weight excluding hydrogens is 429 g/mol. The van der Waals surface area contributed by atoms with Crippen molar-refractivity contribution in [2.75, 3.05) is 0 Å². The van der Waals surface area contributed by atoms with E-state index in [1.807, 2.05) is 0 Å². The van der Waals surface area contributed by atoms with Crippen molar-refractivity contribution in [3.63, 3.8) is 0 Å². The standard InChI is InChI=1S/C22H27F3O3SSi/c1-15(2)30(16(3)4,17(5)6)14-13-19-10-7-9-18-11-8-12-20(21(18)19)28-29(26,27)22(23,24)25/h7-12,15-17H,1-6H3. The summed E-state index contributed by atoms with van der Waals surface area (Å²) in [6.07, 6.45) is 0. The molecule has 0 atom stereocenters. The van der Waals surface area contributed by atoms with Crippen molar-refractivity contribution in [3.8, 4) is 17.2 Å². The Morgan fingerprint density at radius 3 is 1.87 bits per heavy atom. The van der Waals surface area contributed by atoms with Crippen LogP contribution < -0.4 is 4.18 Å². The fourth-order valence-corrected chi connectivity index (χ4v) is 9.94. The molecular formula is C22H27F3O3SSi. The Hall–Kier alpha value is -1.98. The van der Waals surface area contributed by atoms with Gasteiger partial charge in [0.15, 0.2) is 5.75 Å². The highest BCUT2D eigenvalue weighted by Crippen LogP contribution is 2.41. The molecule has 2 rings (SSSR count). The van der Waals surface area contributed by atoms with Crippen LogP contribution in [-0.4, -0.2) is 22.0 Å². The van der Waals surface area contributed by atoms with Gasteiger partial charge in [-0.3, -0.25) is 0 Å². The van der Waals surface area contributed by atoms with E-state index in [1.54, 1.807) is 24.3 Å². The van der Waals surface area contributed by atoms with Gasteiger partial charge < -0.3 is 4.18 Å². The van der Waals surface area contributed by atoms with E-state index >= 15 is 0 Å². The van der Waals surface area contributed by atoms with E-state index in [-0.39, 0.29) is 11.1 Å². The van der Waals surface area contributed by atoms with E-state index in [0.29, 0.717) is 27.6 Å². The first-order valence-corrected chi connectivity index (χ1v) is 13.4. The van der Waals surface area contributed by atoms with Gasteiger partial charge >= 0.3 is 15.6 Å². The Morgan fingerprint density at radius 2 is 1.40 bits per heavy atom. The third-order valence-electron chi connectivity index (χ3n) is 5.63. The quantitative estimate of drug-likeness (QED) is 0.219. The lowest BCUT2D eigenvalue weighted by Gasteiger charge is -2.38. The Labute approximate surface area is 177 Å². The van der Waals surface area contributed by atoms with Crippen molar-refractivity contribution < 1.29 is 25.8 Å². The van der Waals surface area contributed by atoms with Gasteiger partial charge in [0.25, 0.3) is 0 Å². The fourth-order valence-electron chi connectivity index (χ4n) is 4.25. The molecule has 2 aromatic rings. The fraction of sp³-hybridized carbons (Fsp3) is 0.455. The topological polar surface area (TPSA) is 43.4 Å². The molecule has 0 amide bonds. The second-order valence-electron chi connectivity index (χ2n) is 8.29. The summed E-state index contributed by atoms with van der Waals surface area (Å²) in [6.45, 7) is 13.0. The Morgan fingerprint density at radius 1 is 0.900 bits per heavy atom. The average molecular weight is 457 g/mol. The molecule has 30 heavy (non-hydrogen) atoms. The van der Waals surface area contributed by atoms with Gasteiger partial charge in [0.1, 0.15) is 8.07 Å². The number of fused-ring (bicyclic) bond motifs is 1. The maximum atomic E-state index is 12.9. The SMILES string of the molecule is CC(C)[Si](C#Cc1cccc2cccc(OS(=O)(=O)C(F)(F)F)c12)(C(C)C)C(C)C. The summed E-state index contributed by atoms with van der Waals surface area (Å²) >= 11 is 0. The van der Waals surface area contributed by atoms with Crippen molar-refractivity contribution >= 4 is 29.0 Å². The van der Waals surface area contributed by atoms with E-state index in [1.165, 1.54) is 12.1 Å². The minimum Gasteiger partial charge on any atom is -0.375 e. The molecule has 0 saturated carbocycles. The molecule has 164 valence electrons. The third-order valence-corrected chi connectivity index (χ3v) is 12.9. The Kier molecular flexibility index (Phi) is 6.99. The normalized spacial score (nSPS) is 13.1. The van der Waals surface area contributed by atoms with Gasteiger partial charge in [-0.2, -0.15) is 21.6 Å². The average Bonchev–Trinajstić information content (AvgIpc) is 2.60. The number of halogens is 3. The first-order chi connectivity index (χ1) is 13.7. The Balaban J connectivity index is 2.73. The first kappa shape index (κ1) is 24.3. The maximum absolute atomic E-state index is 12.9. The van der Waals surface area contributed by atoms with Crippen LogP contribution in [0.3, 0.4) is 0 Å². The van der Waals surface area contributed by atoms with Crippen LogP contribution in [0, 0.1) is 11.5 Å². The number of rotatable bonds is 5. The molecule has 0 aliphatic carbocycles. The summed E-state index contributed by atoms with van der Waals surface area (Å²) in [5, 5.41) is 0.821. The van der Waals surface area contributed by atoms with Crippen LogP contribution in [0.2, 0.25) is 16.6 Å². The van der Waals surface area contributed by atoms with Crippen molar-refractivity contribution in [2.24, 2.45) is 0 Å². The molecule has 0 aromatic heterocycles. The summed E-state index contributed by atoms with van der Waals surface area (Å²) < 4.78 is 66.2. The van der Waals surface area contributed by atoms with Gasteiger partial charge in [0, 0.05) is 10.9 Å². The molecule has 0 radical (unpaired) electrons. The predicted octanol–water partition coefficient (Wildman–Crippen LogP) is 6.64. The zero-order chi connectivity index (χ0) is 22.9. The van der Waals surface area contributed by atoms with E-state index in [0.717, 1.165) is 0 Å². The van der Waals surface area contributed by atoms with E-state index in [9.17, 15) is 21.6 Å². The molecule has 0 aliphatic heterocycles. The third kappa shape index (κ3) is 4.52. The number of hydrogen-bond donors (Lipinski definition) is 0. The second kappa shape index (κ2) is 8.64. The highest BCUT2D eigenvalue weighted by atomic mass is 32.2. The summed E-state index contributed by atoms with van der Waals surface area (Å²) in [6, 6.07) is 9.47. The molecule has 0 bridgehead atoms. The molecule has 0 spiro atoms. The van der Waals surface area contributed by atoms with Gasteiger partial charge in [-0.25, -0.2) is 0 Å². The van der Waals surface area contributed by atoms with Crippen molar-refractivity contribution in [3.05, 3.63) is 42.0 Å². The summed E-state index contributed by atoms with van der Waals surface area (Å²) in [7, 11) is -7.87. The molecule has 3 nitrogen and oxygen atoms in total. The van der Waals surface area contributed by atoms with E-state index < -0.39 is 23.7 Å². The maximum Gasteiger partial charge on any atom is 0.534 e. The highest BCUT2D eigenvalue weighted by molar-refractivity contribution is 7.88. The lowest BCUT2D eigenvalue weighted by molar-refractivity contribution is -0.0499. The zero-order valence-corrected chi connectivity index (χ0v) is 19.8. The van der Waals surface area contributed by atoms with Gasteiger partial charge in [-0.15, -0.1) is 5.54 Å². The summed E-state index contributed by atoms with van der Waals surface area (Å²) in [5.41, 5.74) is -0.401. The lowest BCUT2D eigenvalue weighted by Crippen LogP contribution is -2.43. The molecule has 0 heterocycles. The van der Waals surface area contributed by atoms with Crippen LogP contribution in [0.4, 0.5) is 13.2 Å². The minimum absolute atomic E-state index is 0.263. The first-order valence-electron chi connectivity index (χ1n) is 9.79. The molecule has 0 N–H and O–H groups in total. The van der Waals surface area contributed by atoms with Crippen molar-refractivity contribution in [1.29, 1.82) is 0 Å². The largest absolute Gasteiger partial charge is 0.534 e. The minimum atomic E-state index is -5.78. The molecule has 0 fully saturated rings. The van der Waals surface area contributed by atoms with E-state index in [2.05, 4.69) is 57.2 Å². The number of benzene rings is 2. The smallest absolute Gasteiger partial charge is 0.375 e. The molecule has 0 unspecified atom stereocenters. The lowest BCUT2D eigenvalue weighted by atomic mass is 10.0. The van der Waals surface area contributed by atoms with Crippen LogP contribution in [0.5, 0.6) is 5.75 Å². The zero-order valence-electron chi connectivity index (χ0n) is 18.0. The van der Waals surface area contributed by atoms with Gasteiger partial charge in [-0.1, -0.05) is 71.7 Å². The number of hydrogen-bond acceptors (Lipinski definition) is 3.